The van der Waals surface area contributed by atoms with Crippen LogP contribution in [0.15, 0.2) is 0 Å². The summed E-state index contributed by atoms with van der Waals surface area (Å²) >= 11 is 0. The molecule has 0 aromatic heterocycles. The van der Waals surface area contributed by atoms with E-state index in [9.17, 15) is 9.59 Å². The molecule has 0 radical (unpaired) electrons. The van der Waals surface area contributed by atoms with Crippen LogP contribution < -0.4 is 10.6 Å². The van der Waals surface area contributed by atoms with E-state index in [1.165, 1.54) is 25.7 Å². The van der Waals surface area contributed by atoms with Gasteiger partial charge in [0.05, 0.1) is 5.92 Å². The summed E-state index contributed by atoms with van der Waals surface area (Å²) in [5.41, 5.74) is 0. The molecule has 5 heteroatoms. The maximum Gasteiger partial charge on any atom is 0.315 e. The van der Waals surface area contributed by atoms with E-state index in [0.717, 1.165) is 37.6 Å². The normalized spacial score (nSPS) is 29.2. The molecule has 3 saturated carbocycles. The summed E-state index contributed by atoms with van der Waals surface area (Å²) < 4.78 is 0. The summed E-state index contributed by atoms with van der Waals surface area (Å²) in [6.45, 7) is 0.788. The van der Waals surface area contributed by atoms with Crippen LogP contribution in [-0.2, 0) is 4.79 Å². The topological polar surface area (TPSA) is 78.4 Å². The van der Waals surface area contributed by atoms with Gasteiger partial charge in [-0.05, 0) is 62.7 Å². The van der Waals surface area contributed by atoms with Gasteiger partial charge in [-0.3, -0.25) is 4.79 Å². The molecule has 3 aliphatic carbocycles. The molecule has 2 atom stereocenters. The third kappa shape index (κ3) is 4.11. The quantitative estimate of drug-likeness (QED) is 0.703. The number of carboxylic acids is 1. The number of hydrogen-bond donors (Lipinski definition) is 3. The molecule has 0 aliphatic heterocycles. The maximum absolute atomic E-state index is 12.0. The first-order chi connectivity index (χ1) is 10.1. The molecule has 0 saturated heterocycles. The van der Waals surface area contributed by atoms with Gasteiger partial charge in [0.15, 0.2) is 0 Å². The number of hydrogen-bond acceptors (Lipinski definition) is 2. The zero-order valence-electron chi connectivity index (χ0n) is 12.5. The second-order valence-electron chi connectivity index (χ2n) is 7.09. The van der Waals surface area contributed by atoms with E-state index in [2.05, 4.69) is 10.6 Å². The molecule has 0 aromatic rings. The van der Waals surface area contributed by atoms with Gasteiger partial charge in [0.2, 0.25) is 0 Å². The van der Waals surface area contributed by atoms with Crippen molar-refractivity contribution in [2.75, 3.05) is 6.54 Å². The van der Waals surface area contributed by atoms with E-state index in [1.54, 1.807) is 0 Å². The van der Waals surface area contributed by atoms with Gasteiger partial charge in [0.1, 0.15) is 0 Å². The highest BCUT2D eigenvalue weighted by Gasteiger charge is 2.41. The van der Waals surface area contributed by atoms with Crippen molar-refractivity contribution in [3.05, 3.63) is 0 Å². The Morgan fingerprint density at radius 3 is 2.29 bits per heavy atom. The summed E-state index contributed by atoms with van der Waals surface area (Å²) in [7, 11) is 0. The fourth-order valence-corrected chi connectivity index (χ4v) is 3.76. The lowest BCUT2D eigenvalue weighted by atomic mass is 9.86. The molecule has 0 aromatic carbocycles. The van der Waals surface area contributed by atoms with E-state index in [4.69, 9.17) is 5.11 Å². The van der Waals surface area contributed by atoms with Crippen LogP contribution >= 0.6 is 0 Å². The second kappa shape index (κ2) is 6.24. The van der Waals surface area contributed by atoms with Crippen LogP contribution in [0.4, 0.5) is 4.79 Å². The van der Waals surface area contributed by atoms with Crippen molar-refractivity contribution in [3.8, 4) is 0 Å². The Kier molecular flexibility index (Phi) is 4.36. The molecule has 2 amide bonds. The van der Waals surface area contributed by atoms with Gasteiger partial charge >= 0.3 is 12.0 Å². The highest BCUT2D eigenvalue weighted by Crippen LogP contribution is 2.48. The molecule has 3 rings (SSSR count). The van der Waals surface area contributed by atoms with Crippen molar-refractivity contribution in [1.82, 2.24) is 10.6 Å². The minimum atomic E-state index is -0.732. The molecule has 0 spiro atoms. The first-order valence-electron chi connectivity index (χ1n) is 8.40. The predicted molar refractivity (Wildman–Crippen MR) is 78.9 cm³/mol. The molecule has 0 heterocycles. The SMILES string of the molecule is O=C(NCC(C1CC1)C1CC1)NC1CCCC(C(=O)O)C1. The Morgan fingerprint density at radius 2 is 1.71 bits per heavy atom. The monoisotopic (exact) mass is 294 g/mol. The van der Waals surface area contributed by atoms with Crippen LogP contribution in [0.1, 0.15) is 51.4 Å². The van der Waals surface area contributed by atoms with Gasteiger partial charge in [-0.2, -0.15) is 0 Å². The van der Waals surface area contributed by atoms with Crippen molar-refractivity contribution >= 4 is 12.0 Å². The van der Waals surface area contributed by atoms with Crippen molar-refractivity contribution in [2.24, 2.45) is 23.7 Å². The molecule has 21 heavy (non-hydrogen) atoms. The van der Waals surface area contributed by atoms with Gasteiger partial charge < -0.3 is 15.7 Å². The van der Waals surface area contributed by atoms with E-state index >= 15 is 0 Å². The fraction of sp³-hybridized carbons (Fsp3) is 0.875. The number of urea groups is 1. The molecule has 0 bridgehead atoms. The van der Waals surface area contributed by atoms with Crippen LogP contribution in [0.5, 0.6) is 0 Å². The largest absolute Gasteiger partial charge is 0.481 e. The van der Waals surface area contributed by atoms with Crippen LogP contribution in [0.2, 0.25) is 0 Å². The second-order valence-corrected chi connectivity index (χ2v) is 7.09. The predicted octanol–water partition coefficient (Wildman–Crippen LogP) is 2.37. The Hall–Kier alpha value is -1.26. The van der Waals surface area contributed by atoms with Crippen LogP contribution in [0, 0.1) is 23.7 Å². The van der Waals surface area contributed by atoms with E-state index in [1.807, 2.05) is 0 Å². The summed E-state index contributed by atoms with van der Waals surface area (Å²) in [4.78, 5) is 23.0. The number of carbonyl (C=O) groups is 2. The Labute approximate surface area is 125 Å². The smallest absolute Gasteiger partial charge is 0.315 e. The number of carbonyl (C=O) groups excluding carboxylic acids is 1. The lowest BCUT2D eigenvalue weighted by molar-refractivity contribution is -0.143. The lowest BCUT2D eigenvalue weighted by Gasteiger charge is -2.27. The lowest BCUT2D eigenvalue weighted by Crippen LogP contribution is -2.46. The average Bonchev–Trinajstić information content (AvgIpc) is 3.33. The average molecular weight is 294 g/mol. The van der Waals surface area contributed by atoms with Gasteiger partial charge in [-0.15, -0.1) is 0 Å². The highest BCUT2D eigenvalue weighted by atomic mass is 16.4. The van der Waals surface area contributed by atoms with Crippen LogP contribution in [0.25, 0.3) is 0 Å². The number of carboxylic acid groups (broad SMARTS) is 1. The third-order valence-electron chi connectivity index (χ3n) is 5.31. The zero-order valence-corrected chi connectivity index (χ0v) is 12.5. The number of aliphatic carboxylic acids is 1. The summed E-state index contributed by atoms with van der Waals surface area (Å²) in [5.74, 6) is 1.32. The number of amides is 2. The van der Waals surface area contributed by atoms with E-state index < -0.39 is 5.97 Å². The standard InChI is InChI=1S/C16H26N2O3/c19-15(20)12-2-1-3-13(8-12)18-16(21)17-9-14(10-4-5-10)11-6-7-11/h10-14H,1-9H2,(H,19,20)(H2,17,18,21). The minimum Gasteiger partial charge on any atom is -0.481 e. The molecular weight excluding hydrogens is 268 g/mol. The van der Waals surface area contributed by atoms with Crippen LogP contribution in [0.3, 0.4) is 0 Å². The maximum atomic E-state index is 12.0. The minimum absolute atomic E-state index is 0.0140. The Balaban J connectivity index is 1.40. The molecule has 118 valence electrons. The van der Waals surface area contributed by atoms with Crippen molar-refractivity contribution in [1.29, 1.82) is 0 Å². The fourth-order valence-electron chi connectivity index (χ4n) is 3.76. The summed E-state index contributed by atoms with van der Waals surface area (Å²) in [6.07, 6.45) is 8.39. The van der Waals surface area contributed by atoms with Crippen LogP contribution in [-0.4, -0.2) is 29.7 Å². The van der Waals surface area contributed by atoms with E-state index in [0.29, 0.717) is 12.3 Å². The van der Waals surface area contributed by atoms with E-state index in [-0.39, 0.29) is 18.0 Å². The molecule has 3 N–H and O–H groups in total. The van der Waals surface area contributed by atoms with Crippen molar-refractivity contribution in [3.63, 3.8) is 0 Å². The Bertz CT molecular complexity index is 392. The molecule has 3 fully saturated rings. The molecule has 5 nitrogen and oxygen atoms in total. The number of rotatable bonds is 6. The molecule has 3 aliphatic rings. The zero-order chi connectivity index (χ0) is 14.8. The molecular formula is C16H26N2O3. The van der Waals surface area contributed by atoms with Crippen molar-refractivity contribution in [2.45, 2.75) is 57.4 Å². The molecule has 2 unspecified atom stereocenters. The van der Waals surface area contributed by atoms with Gasteiger partial charge in [0, 0.05) is 12.6 Å². The third-order valence-corrected chi connectivity index (χ3v) is 5.31. The van der Waals surface area contributed by atoms with Gasteiger partial charge in [-0.1, -0.05) is 6.42 Å². The highest BCUT2D eigenvalue weighted by molar-refractivity contribution is 5.74. The van der Waals surface area contributed by atoms with Gasteiger partial charge in [0.25, 0.3) is 0 Å². The number of nitrogens with one attached hydrogen (secondary N) is 2. The van der Waals surface area contributed by atoms with Gasteiger partial charge in [-0.25, -0.2) is 4.79 Å². The summed E-state index contributed by atoms with van der Waals surface area (Å²) in [5, 5.41) is 15.1. The summed E-state index contributed by atoms with van der Waals surface area (Å²) in [6, 6.07) is -0.0995. The first kappa shape index (κ1) is 14.7. The van der Waals surface area contributed by atoms with Crippen molar-refractivity contribution < 1.29 is 14.7 Å². The first-order valence-corrected chi connectivity index (χ1v) is 8.40. The Morgan fingerprint density at radius 1 is 1.05 bits per heavy atom.